The summed E-state index contributed by atoms with van der Waals surface area (Å²) in [4.78, 5) is 19.3. The maximum Gasteiger partial charge on any atom is 0.415 e. The number of nitrogens with zero attached hydrogens (tertiary/aromatic N) is 2. The van der Waals surface area contributed by atoms with E-state index in [9.17, 15) is 4.79 Å². The molecule has 1 aromatic carbocycles. The third-order valence-corrected chi connectivity index (χ3v) is 4.60. The molecule has 0 saturated heterocycles. The van der Waals surface area contributed by atoms with Gasteiger partial charge in [0.05, 0.1) is 12.2 Å². The van der Waals surface area contributed by atoms with Crippen LogP contribution in [-0.4, -0.2) is 50.5 Å². The molecule has 7 nitrogen and oxygen atoms in total. The predicted octanol–water partition coefficient (Wildman–Crippen LogP) is 3.99. The first kappa shape index (κ1) is 24.0. The van der Waals surface area contributed by atoms with Crippen molar-refractivity contribution in [2.24, 2.45) is 4.99 Å². The first-order valence-corrected chi connectivity index (χ1v) is 10.9. The SMILES string of the molecule is CCNC(=NCc1ccc(N(C(=O)OC(C)(C)C)C2CC2)c(C)c1)NCCCOC. The third-order valence-electron chi connectivity index (χ3n) is 4.60. The van der Waals surface area contributed by atoms with E-state index in [1.807, 2.05) is 44.7 Å². The molecule has 1 aliphatic rings. The summed E-state index contributed by atoms with van der Waals surface area (Å²) in [6.45, 7) is 12.7. The van der Waals surface area contributed by atoms with Crippen LogP contribution in [0.5, 0.6) is 0 Å². The number of hydrogen-bond donors (Lipinski definition) is 2. The van der Waals surface area contributed by atoms with Crippen LogP contribution in [0, 0.1) is 6.92 Å². The molecule has 0 aliphatic heterocycles. The summed E-state index contributed by atoms with van der Waals surface area (Å²) in [5, 5.41) is 6.58. The Kier molecular flexibility index (Phi) is 8.96. The topological polar surface area (TPSA) is 75.2 Å². The lowest BCUT2D eigenvalue weighted by atomic mass is 10.1. The van der Waals surface area contributed by atoms with Crippen molar-refractivity contribution in [3.05, 3.63) is 29.3 Å². The highest BCUT2D eigenvalue weighted by molar-refractivity contribution is 5.90. The lowest BCUT2D eigenvalue weighted by Gasteiger charge is -2.28. The van der Waals surface area contributed by atoms with Gasteiger partial charge in [-0.3, -0.25) is 4.90 Å². The molecule has 2 N–H and O–H groups in total. The Balaban J connectivity index is 2.08. The van der Waals surface area contributed by atoms with Crippen LogP contribution in [0.3, 0.4) is 0 Å². The van der Waals surface area contributed by atoms with Crippen LogP contribution in [0.2, 0.25) is 0 Å². The second-order valence-corrected chi connectivity index (χ2v) is 8.67. The number of carbonyl (C=O) groups is 1. The maximum atomic E-state index is 12.8. The van der Waals surface area contributed by atoms with E-state index in [-0.39, 0.29) is 12.1 Å². The quantitative estimate of drug-likeness (QED) is 0.360. The van der Waals surface area contributed by atoms with Crippen LogP contribution in [0.4, 0.5) is 10.5 Å². The Hall–Kier alpha value is -2.28. The Morgan fingerprint density at radius 3 is 2.57 bits per heavy atom. The number of ether oxygens (including phenoxy) is 2. The van der Waals surface area contributed by atoms with Gasteiger partial charge in [0.1, 0.15) is 5.60 Å². The number of anilines is 1. The van der Waals surface area contributed by atoms with E-state index in [0.29, 0.717) is 6.54 Å². The van der Waals surface area contributed by atoms with Crippen molar-refractivity contribution < 1.29 is 14.3 Å². The molecule has 1 aromatic rings. The van der Waals surface area contributed by atoms with Gasteiger partial charge in [-0.15, -0.1) is 0 Å². The molecular weight excluding hydrogens is 380 g/mol. The largest absolute Gasteiger partial charge is 0.443 e. The molecule has 30 heavy (non-hydrogen) atoms. The van der Waals surface area contributed by atoms with E-state index in [2.05, 4.69) is 28.6 Å². The molecule has 2 rings (SSSR count). The van der Waals surface area contributed by atoms with Crippen LogP contribution >= 0.6 is 0 Å². The minimum Gasteiger partial charge on any atom is -0.443 e. The van der Waals surface area contributed by atoms with Crippen molar-refractivity contribution in [2.45, 2.75) is 72.1 Å². The van der Waals surface area contributed by atoms with Crippen LogP contribution in [0.15, 0.2) is 23.2 Å². The molecule has 168 valence electrons. The van der Waals surface area contributed by atoms with Crippen molar-refractivity contribution >= 4 is 17.7 Å². The zero-order valence-electron chi connectivity index (χ0n) is 19.4. The number of amides is 1. The van der Waals surface area contributed by atoms with Gasteiger partial charge in [0.25, 0.3) is 0 Å². The number of benzene rings is 1. The fraction of sp³-hybridized carbons (Fsp3) is 0.652. The van der Waals surface area contributed by atoms with E-state index < -0.39 is 5.60 Å². The molecule has 7 heteroatoms. The van der Waals surface area contributed by atoms with Gasteiger partial charge in [0.15, 0.2) is 5.96 Å². The average Bonchev–Trinajstić information content (AvgIpc) is 3.48. The molecule has 1 fully saturated rings. The van der Waals surface area contributed by atoms with Crippen LogP contribution in [-0.2, 0) is 16.0 Å². The number of methoxy groups -OCH3 is 1. The van der Waals surface area contributed by atoms with Crippen LogP contribution in [0.25, 0.3) is 0 Å². The van der Waals surface area contributed by atoms with Gasteiger partial charge < -0.3 is 20.1 Å². The average molecular weight is 419 g/mol. The maximum absolute atomic E-state index is 12.8. The van der Waals surface area contributed by atoms with Crippen molar-refractivity contribution in [3.8, 4) is 0 Å². The summed E-state index contributed by atoms with van der Waals surface area (Å²) in [6, 6.07) is 6.40. The smallest absolute Gasteiger partial charge is 0.415 e. The highest BCUT2D eigenvalue weighted by Crippen LogP contribution is 2.35. The molecule has 1 aliphatic carbocycles. The van der Waals surface area contributed by atoms with Crippen LogP contribution in [0.1, 0.15) is 58.1 Å². The summed E-state index contributed by atoms with van der Waals surface area (Å²) >= 11 is 0. The Morgan fingerprint density at radius 2 is 2.00 bits per heavy atom. The number of rotatable bonds is 9. The number of hydrogen-bond acceptors (Lipinski definition) is 4. The van der Waals surface area contributed by atoms with Gasteiger partial charge >= 0.3 is 6.09 Å². The summed E-state index contributed by atoms with van der Waals surface area (Å²) in [5.41, 5.74) is 2.57. The Labute approximate surface area is 181 Å². The fourth-order valence-corrected chi connectivity index (χ4v) is 3.11. The summed E-state index contributed by atoms with van der Waals surface area (Å²) in [6.07, 6.45) is 2.70. The second-order valence-electron chi connectivity index (χ2n) is 8.67. The highest BCUT2D eigenvalue weighted by atomic mass is 16.6. The molecule has 0 aromatic heterocycles. The van der Waals surface area contributed by atoms with E-state index in [1.165, 1.54) is 0 Å². The number of aryl methyl sites for hydroxylation is 1. The standard InChI is InChI=1S/C23H38N4O3/c1-7-24-21(25-13-8-14-29-6)26-16-18-9-12-20(17(2)15-18)27(19-10-11-19)22(28)30-23(3,4)5/h9,12,15,19H,7-8,10-11,13-14,16H2,1-6H3,(H2,24,25,26). The lowest BCUT2D eigenvalue weighted by Crippen LogP contribution is -2.38. The monoisotopic (exact) mass is 418 g/mol. The first-order valence-electron chi connectivity index (χ1n) is 10.9. The molecule has 0 unspecified atom stereocenters. The second kappa shape index (κ2) is 11.2. The predicted molar refractivity (Wildman–Crippen MR) is 122 cm³/mol. The summed E-state index contributed by atoms with van der Waals surface area (Å²) in [7, 11) is 1.71. The molecule has 0 atom stereocenters. The van der Waals surface area contributed by atoms with Crippen molar-refractivity contribution in [3.63, 3.8) is 0 Å². The first-order chi connectivity index (χ1) is 14.2. The molecule has 1 saturated carbocycles. The number of guanidine groups is 1. The van der Waals surface area contributed by atoms with Gasteiger partial charge in [0, 0.05) is 32.8 Å². The third kappa shape index (κ3) is 7.86. The Bertz CT molecular complexity index is 724. The van der Waals surface area contributed by atoms with E-state index in [1.54, 1.807) is 7.11 Å². The molecule has 0 bridgehead atoms. The lowest BCUT2D eigenvalue weighted by molar-refractivity contribution is 0.0577. The summed E-state index contributed by atoms with van der Waals surface area (Å²) in [5.74, 6) is 0.795. The number of carbonyl (C=O) groups excluding carboxylic acids is 1. The fourth-order valence-electron chi connectivity index (χ4n) is 3.11. The number of aliphatic imine (C=N–C) groups is 1. The van der Waals surface area contributed by atoms with Gasteiger partial charge in [0.2, 0.25) is 0 Å². The van der Waals surface area contributed by atoms with Crippen molar-refractivity contribution in [2.75, 3.05) is 31.7 Å². The molecule has 0 radical (unpaired) electrons. The minimum absolute atomic E-state index is 0.235. The number of nitrogens with one attached hydrogen (secondary N) is 2. The van der Waals surface area contributed by atoms with E-state index >= 15 is 0 Å². The zero-order chi connectivity index (χ0) is 22.1. The molecule has 0 heterocycles. The molecule has 0 spiro atoms. The normalized spacial score (nSPS) is 14.4. The van der Waals surface area contributed by atoms with Crippen molar-refractivity contribution in [1.29, 1.82) is 0 Å². The Morgan fingerprint density at radius 1 is 1.27 bits per heavy atom. The van der Waals surface area contributed by atoms with E-state index in [0.717, 1.165) is 61.7 Å². The van der Waals surface area contributed by atoms with Crippen LogP contribution < -0.4 is 15.5 Å². The minimum atomic E-state index is -0.508. The highest BCUT2D eigenvalue weighted by Gasteiger charge is 2.37. The van der Waals surface area contributed by atoms with Gasteiger partial charge in [-0.25, -0.2) is 9.79 Å². The molecular formula is C23H38N4O3. The van der Waals surface area contributed by atoms with Gasteiger partial charge in [-0.1, -0.05) is 12.1 Å². The van der Waals surface area contributed by atoms with Gasteiger partial charge in [-0.2, -0.15) is 0 Å². The van der Waals surface area contributed by atoms with Gasteiger partial charge in [-0.05, 0) is 71.1 Å². The zero-order valence-corrected chi connectivity index (χ0v) is 19.4. The molecule has 1 amide bonds. The van der Waals surface area contributed by atoms with E-state index in [4.69, 9.17) is 9.47 Å². The van der Waals surface area contributed by atoms with Crippen molar-refractivity contribution in [1.82, 2.24) is 10.6 Å². The summed E-state index contributed by atoms with van der Waals surface area (Å²) < 4.78 is 10.7.